The Kier molecular flexibility index (Phi) is 6.16. The molecule has 1 aromatic carbocycles. The molecule has 0 fully saturated rings. The second-order valence-corrected chi connectivity index (χ2v) is 4.33. The molecule has 1 atom stereocenters. The van der Waals surface area contributed by atoms with Crippen LogP contribution in [0, 0.1) is 17.1 Å². The molecule has 4 heteroatoms. The van der Waals surface area contributed by atoms with E-state index in [4.69, 9.17) is 5.26 Å². The van der Waals surface area contributed by atoms with Gasteiger partial charge in [0.1, 0.15) is 5.82 Å². The second kappa shape index (κ2) is 7.67. The van der Waals surface area contributed by atoms with Gasteiger partial charge in [-0.1, -0.05) is 13.0 Å². The summed E-state index contributed by atoms with van der Waals surface area (Å²) in [5.74, 6) is -0.236. The van der Waals surface area contributed by atoms with E-state index in [9.17, 15) is 4.39 Å². The Bertz CT molecular complexity index is 400. The van der Waals surface area contributed by atoms with Crippen molar-refractivity contribution in [2.45, 2.75) is 25.8 Å². The molecule has 3 nitrogen and oxygen atoms in total. The highest BCUT2D eigenvalue weighted by molar-refractivity contribution is 5.45. The van der Waals surface area contributed by atoms with Gasteiger partial charge in [0.25, 0.3) is 0 Å². The van der Waals surface area contributed by atoms with Crippen LogP contribution in [-0.4, -0.2) is 26.2 Å². The summed E-state index contributed by atoms with van der Waals surface area (Å²) in [5.41, 5.74) is 0.835. The van der Waals surface area contributed by atoms with E-state index < -0.39 is 0 Å². The molecule has 0 aromatic heterocycles. The molecule has 0 aliphatic rings. The summed E-state index contributed by atoms with van der Waals surface area (Å²) in [7, 11) is 1.91. The van der Waals surface area contributed by atoms with Crippen LogP contribution in [0.4, 0.5) is 10.1 Å². The van der Waals surface area contributed by atoms with Crippen molar-refractivity contribution in [1.82, 2.24) is 5.32 Å². The van der Waals surface area contributed by atoms with Gasteiger partial charge in [-0.05, 0) is 37.6 Å². The van der Waals surface area contributed by atoms with Gasteiger partial charge in [-0.3, -0.25) is 0 Å². The molecule has 0 aliphatic carbocycles. The first-order valence-electron chi connectivity index (χ1n) is 6.27. The lowest BCUT2D eigenvalue weighted by Gasteiger charge is -2.21. The van der Waals surface area contributed by atoms with Crippen LogP contribution in [-0.2, 0) is 0 Å². The van der Waals surface area contributed by atoms with Crippen LogP contribution in [0.3, 0.4) is 0 Å². The summed E-state index contributed by atoms with van der Waals surface area (Å²) in [6.07, 6.45) is 1.74. The Labute approximate surface area is 108 Å². The van der Waals surface area contributed by atoms with E-state index in [1.165, 1.54) is 12.1 Å². The van der Waals surface area contributed by atoms with Gasteiger partial charge in [0.2, 0.25) is 0 Å². The van der Waals surface area contributed by atoms with Crippen molar-refractivity contribution in [3.8, 4) is 6.07 Å². The number of rotatable bonds is 7. The topological polar surface area (TPSA) is 39.1 Å². The maximum absolute atomic E-state index is 13.1. The molecule has 0 bridgehead atoms. The van der Waals surface area contributed by atoms with Gasteiger partial charge >= 0.3 is 0 Å². The van der Waals surface area contributed by atoms with Gasteiger partial charge in [0, 0.05) is 19.3 Å². The van der Waals surface area contributed by atoms with E-state index in [2.05, 4.69) is 18.3 Å². The van der Waals surface area contributed by atoms with Crippen LogP contribution < -0.4 is 10.2 Å². The molecule has 0 radical (unpaired) electrons. The van der Waals surface area contributed by atoms with E-state index in [-0.39, 0.29) is 11.9 Å². The van der Waals surface area contributed by atoms with Gasteiger partial charge in [0.15, 0.2) is 0 Å². The molecule has 98 valence electrons. The van der Waals surface area contributed by atoms with Gasteiger partial charge in [-0.15, -0.1) is 0 Å². The Balaban J connectivity index is 2.45. The Morgan fingerprint density at radius 3 is 2.89 bits per heavy atom. The van der Waals surface area contributed by atoms with Crippen molar-refractivity contribution in [1.29, 1.82) is 5.26 Å². The molecular weight excluding hydrogens is 229 g/mol. The number of halogens is 1. The van der Waals surface area contributed by atoms with Crippen LogP contribution in [0.2, 0.25) is 0 Å². The first-order chi connectivity index (χ1) is 8.67. The molecule has 0 heterocycles. The smallest absolute Gasteiger partial charge is 0.125 e. The van der Waals surface area contributed by atoms with Crippen LogP contribution in [0.1, 0.15) is 19.8 Å². The number of nitriles is 1. The monoisotopic (exact) mass is 249 g/mol. The molecule has 1 unspecified atom stereocenters. The fourth-order valence-electron chi connectivity index (χ4n) is 1.70. The van der Waals surface area contributed by atoms with Crippen molar-refractivity contribution in [2.24, 2.45) is 0 Å². The molecule has 0 saturated heterocycles. The largest absolute Gasteiger partial charge is 0.374 e. The van der Waals surface area contributed by atoms with Crippen LogP contribution in [0.15, 0.2) is 24.3 Å². The first kappa shape index (κ1) is 14.5. The third kappa shape index (κ3) is 4.72. The minimum Gasteiger partial charge on any atom is -0.374 e. The second-order valence-electron chi connectivity index (χ2n) is 4.33. The van der Waals surface area contributed by atoms with E-state index in [0.29, 0.717) is 0 Å². The highest BCUT2D eigenvalue weighted by Gasteiger charge is 2.08. The number of anilines is 1. The van der Waals surface area contributed by atoms with Crippen molar-refractivity contribution in [3.63, 3.8) is 0 Å². The predicted octanol–water partition coefficient (Wildman–Crippen LogP) is 2.54. The summed E-state index contributed by atoms with van der Waals surface area (Å²) in [6, 6.07) is 8.59. The maximum Gasteiger partial charge on any atom is 0.125 e. The SMILES string of the molecule is CCCNC(C#N)CCN(C)c1cccc(F)c1. The molecule has 0 spiro atoms. The highest BCUT2D eigenvalue weighted by Crippen LogP contribution is 2.14. The molecule has 18 heavy (non-hydrogen) atoms. The van der Waals surface area contributed by atoms with Crippen molar-refractivity contribution in [2.75, 3.05) is 25.0 Å². The summed E-state index contributed by atoms with van der Waals surface area (Å²) in [5, 5.41) is 12.2. The normalized spacial score (nSPS) is 11.9. The number of hydrogen-bond donors (Lipinski definition) is 1. The van der Waals surface area contributed by atoms with Crippen LogP contribution in [0.25, 0.3) is 0 Å². The van der Waals surface area contributed by atoms with E-state index in [1.54, 1.807) is 6.07 Å². The predicted molar refractivity (Wildman–Crippen MR) is 72.0 cm³/mol. The average Bonchev–Trinajstić information content (AvgIpc) is 2.38. The van der Waals surface area contributed by atoms with E-state index >= 15 is 0 Å². The average molecular weight is 249 g/mol. The molecule has 0 amide bonds. The lowest BCUT2D eigenvalue weighted by atomic mass is 10.2. The number of nitrogens with one attached hydrogen (secondary N) is 1. The first-order valence-corrected chi connectivity index (χ1v) is 6.27. The summed E-state index contributed by atoms with van der Waals surface area (Å²) < 4.78 is 13.1. The van der Waals surface area contributed by atoms with Gasteiger partial charge < -0.3 is 10.2 Å². The standard InChI is InChI=1S/C14H20FN3/c1-3-8-17-13(11-16)7-9-18(2)14-6-4-5-12(15)10-14/h4-6,10,13,17H,3,7-9H2,1-2H3. The van der Waals surface area contributed by atoms with Crippen LogP contribution >= 0.6 is 0 Å². The maximum atomic E-state index is 13.1. The minimum absolute atomic E-state index is 0.138. The van der Waals surface area contributed by atoms with Crippen molar-refractivity contribution >= 4 is 5.69 Å². The third-order valence-corrected chi connectivity index (χ3v) is 2.80. The minimum atomic E-state index is -0.236. The Hall–Kier alpha value is -1.60. The summed E-state index contributed by atoms with van der Waals surface area (Å²) in [4.78, 5) is 1.96. The van der Waals surface area contributed by atoms with Gasteiger partial charge in [-0.2, -0.15) is 5.26 Å². The highest BCUT2D eigenvalue weighted by atomic mass is 19.1. The van der Waals surface area contributed by atoms with E-state index in [0.717, 1.165) is 31.6 Å². The zero-order valence-electron chi connectivity index (χ0n) is 11.0. The summed E-state index contributed by atoms with van der Waals surface area (Å²) >= 11 is 0. The van der Waals surface area contributed by atoms with E-state index in [1.807, 2.05) is 18.0 Å². The quantitative estimate of drug-likeness (QED) is 0.807. The van der Waals surface area contributed by atoms with Crippen molar-refractivity contribution < 1.29 is 4.39 Å². The molecule has 0 aliphatic heterocycles. The summed E-state index contributed by atoms with van der Waals surface area (Å²) in [6.45, 7) is 3.64. The van der Waals surface area contributed by atoms with Crippen LogP contribution in [0.5, 0.6) is 0 Å². The number of nitrogens with zero attached hydrogens (tertiary/aromatic N) is 2. The lowest BCUT2D eigenvalue weighted by molar-refractivity contribution is 0.561. The Morgan fingerprint density at radius 1 is 1.50 bits per heavy atom. The lowest BCUT2D eigenvalue weighted by Crippen LogP contribution is -2.32. The molecule has 1 aromatic rings. The molecular formula is C14H20FN3. The number of benzene rings is 1. The number of hydrogen-bond acceptors (Lipinski definition) is 3. The fourth-order valence-corrected chi connectivity index (χ4v) is 1.70. The zero-order valence-corrected chi connectivity index (χ0v) is 11.0. The third-order valence-electron chi connectivity index (χ3n) is 2.80. The Morgan fingerprint density at radius 2 is 2.28 bits per heavy atom. The fraction of sp³-hybridized carbons (Fsp3) is 0.500. The molecule has 1 rings (SSSR count). The molecule has 1 N–H and O–H groups in total. The van der Waals surface area contributed by atoms with Crippen molar-refractivity contribution in [3.05, 3.63) is 30.1 Å². The zero-order chi connectivity index (χ0) is 13.4. The van der Waals surface area contributed by atoms with Gasteiger partial charge in [-0.25, -0.2) is 4.39 Å². The molecule has 0 saturated carbocycles. The van der Waals surface area contributed by atoms with Gasteiger partial charge in [0.05, 0.1) is 12.1 Å².